The van der Waals surface area contributed by atoms with Crippen LogP contribution in [0.15, 0.2) is 30.3 Å². The zero-order chi connectivity index (χ0) is 22.4. The Morgan fingerprint density at radius 3 is 2.88 bits per heavy atom. The van der Waals surface area contributed by atoms with Gasteiger partial charge in [0, 0.05) is 31.8 Å². The Bertz CT molecular complexity index is 1090. The van der Waals surface area contributed by atoms with E-state index in [1.807, 2.05) is 0 Å². The monoisotopic (exact) mass is 477 g/mol. The van der Waals surface area contributed by atoms with Gasteiger partial charge in [0.2, 0.25) is 0 Å². The number of hydrogen-bond donors (Lipinski definition) is 1. The van der Waals surface area contributed by atoms with Crippen molar-refractivity contribution in [3.05, 3.63) is 39.5 Å². The minimum absolute atomic E-state index is 0.0930. The number of hydrogen-bond acceptors (Lipinski definition) is 7. The van der Waals surface area contributed by atoms with Crippen LogP contribution < -0.4 is 19.9 Å². The molecule has 2 saturated heterocycles. The van der Waals surface area contributed by atoms with E-state index in [0.29, 0.717) is 39.3 Å². The molecule has 0 spiro atoms. The summed E-state index contributed by atoms with van der Waals surface area (Å²) >= 11 is 7.06. The normalized spacial score (nSPS) is 24.1. The number of nitrogens with one attached hydrogen (secondary N) is 1. The van der Waals surface area contributed by atoms with Crippen molar-refractivity contribution in [3.8, 4) is 5.75 Å². The van der Waals surface area contributed by atoms with Crippen molar-refractivity contribution in [1.82, 2.24) is 5.32 Å². The van der Waals surface area contributed by atoms with Gasteiger partial charge in [0.15, 0.2) is 0 Å². The second kappa shape index (κ2) is 8.27. The van der Waals surface area contributed by atoms with Gasteiger partial charge >= 0.3 is 6.09 Å². The predicted octanol–water partition coefficient (Wildman–Crippen LogP) is 2.67. The van der Waals surface area contributed by atoms with Crippen molar-refractivity contribution in [1.29, 1.82) is 0 Å². The van der Waals surface area contributed by atoms with E-state index >= 15 is 0 Å². The topological polar surface area (TPSA) is 97.4 Å². The average Bonchev–Trinajstić information content (AvgIpc) is 3.48. The summed E-state index contributed by atoms with van der Waals surface area (Å²) in [6.45, 7) is 0.919. The van der Waals surface area contributed by atoms with Crippen molar-refractivity contribution in [2.24, 2.45) is 0 Å². The van der Waals surface area contributed by atoms with Crippen LogP contribution in [0.1, 0.15) is 16.1 Å². The average molecular weight is 478 g/mol. The van der Waals surface area contributed by atoms with Gasteiger partial charge in [0.25, 0.3) is 11.8 Å². The van der Waals surface area contributed by atoms with Crippen LogP contribution >= 0.6 is 22.9 Å². The Labute approximate surface area is 192 Å². The molecule has 4 heterocycles. The van der Waals surface area contributed by atoms with Gasteiger partial charge in [-0.15, -0.1) is 11.3 Å². The lowest BCUT2D eigenvalue weighted by Crippen LogP contribution is -2.47. The molecule has 1 N–H and O–H groups in total. The Balaban J connectivity index is 1.30. The fourth-order valence-corrected chi connectivity index (χ4v) is 5.17. The first-order chi connectivity index (χ1) is 15.5. The molecule has 0 saturated carbocycles. The first kappa shape index (κ1) is 21.0. The fraction of sp³-hybridized carbons (Fsp3) is 0.381. The molecule has 1 aromatic heterocycles. The van der Waals surface area contributed by atoms with Crippen LogP contribution in [-0.4, -0.2) is 63.0 Å². The van der Waals surface area contributed by atoms with E-state index in [4.69, 9.17) is 25.8 Å². The molecule has 3 amide bonds. The Kier molecular flexibility index (Phi) is 5.44. The first-order valence-electron chi connectivity index (χ1n) is 10.1. The number of methoxy groups -OCH3 is 1. The summed E-state index contributed by atoms with van der Waals surface area (Å²) in [6.07, 6.45) is -0.871. The van der Waals surface area contributed by atoms with Gasteiger partial charge < -0.3 is 24.4 Å². The summed E-state index contributed by atoms with van der Waals surface area (Å²) in [5, 5.41) is 2.79. The number of carbonyl (C=O) groups excluding carboxylic acids is 3. The summed E-state index contributed by atoms with van der Waals surface area (Å²) < 4.78 is 17.2. The Morgan fingerprint density at radius 2 is 2.16 bits per heavy atom. The van der Waals surface area contributed by atoms with E-state index in [1.165, 1.54) is 18.4 Å². The van der Waals surface area contributed by atoms with Crippen molar-refractivity contribution in [2.75, 3.05) is 36.6 Å². The van der Waals surface area contributed by atoms with Gasteiger partial charge in [-0.05, 0) is 24.3 Å². The third kappa shape index (κ3) is 3.58. The van der Waals surface area contributed by atoms with Gasteiger partial charge in [-0.2, -0.15) is 0 Å². The molecule has 1 aromatic carbocycles. The number of cyclic esters (lactones) is 1. The highest BCUT2D eigenvalue weighted by Gasteiger charge is 2.47. The molecule has 9 nitrogen and oxygen atoms in total. The number of benzene rings is 1. The molecule has 0 aliphatic carbocycles. The van der Waals surface area contributed by atoms with Crippen LogP contribution in [0.3, 0.4) is 0 Å². The van der Waals surface area contributed by atoms with E-state index in [2.05, 4.69) is 5.32 Å². The fourth-order valence-electron chi connectivity index (χ4n) is 4.21. The molecule has 0 bridgehead atoms. The number of halogens is 1. The number of amides is 3. The maximum absolute atomic E-state index is 12.6. The zero-order valence-corrected chi connectivity index (χ0v) is 18.6. The van der Waals surface area contributed by atoms with Crippen molar-refractivity contribution >= 4 is 52.2 Å². The van der Waals surface area contributed by atoms with Gasteiger partial charge in [-0.25, -0.2) is 4.79 Å². The second-order valence-electron chi connectivity index (χ2n) is 7.64. The van der Waals surface area contributed by atoms with Crippen molar-refractivity contribution in [2.45, 2.75) is 24.7 Å². The summed E-state index contributed by atoms with van der Waals surface area (Å²) in [6, 6.07) is 8.21. The molecular formula is C21H20ClN3O6S. The van der Waals surface area contributed by atoms with Gasteiger partial charge in [-0.3, -0.25) is 14.5 Å². The highest BCUT2D eigenvalue weighted by Crippen LogP contribution is 2.41. The smallest absolute Gasteiger partial charge is 0.415 e. The Hall–Kier alpha value is -2.82. The molecule has 3 atom stereocenters. The number of carbonyl (C=O) groups is 3. The van der Waals surface area contributed by atoms with Crippen LogP contribution in [0.4, 0.5) is 16.2 Å². The van der Waals surface area contributed by atoms with E-state index < -0.39 is 18.3 Å². The van der Waals surface area contributed by atoms with Gasteiger partial charge in [0.05, 0.1) is 21.4 Å². The quantitative estimate of drug-likeness (QED) is 0.711. The first-order valence-corrected chi connectivity index (χ1v) is 11.3. The summed E-state index contributed by atoms with van der Waals surface area (Å²) in [5.74, 6) is 0.134. The maximum atomic E-state index is 12.6. The third-order valence-electron chi connectivity index (χ3n) is 5.84. The third-order valence-corrected chi connectivity index (χ3v) is 7.07. The van der Waals surface area contributed by atoms with E-state index in [1.54, 1.807) is 40.1 Å². The van der Waals surface area contributed by atoms with Crippen molar-refractivity contribution < 1.29 is 28.6 Å². The van der Waals surface area contributed by atoms with E-state index in [0.717, 1.165) is 0 Å². The predicted molar refractivity (Wildman–Crippen MR) is 118 cm³/mol. The largest absolute Gasteiger partial charge is 0.489 e. The lowest BCUT2D eigenvalue weighted by Gasteiger charge is -2.32. The Morgan fingerprint density at radius 1 is 1.31 bits per heavy atom. The highest BCUT2D eigenvalue weighted by atomic mass is 35.5. The lowest BCUT2D eigenvalue weighted by molar-refractivity contribution is -0.125. The van der Waals surface area contributed by atoms with Crippen LogP contribution in [0.2, 0.25) is 4.34 Å². The molecule has 3 aliphatic heterocycles. The van der Waals surface area contributed by atoms with E-state index in [9.17, 15) is 14.4 Å². The molecule has 3 aliphatic rings. The highest BCUT2D eigenvalue weighted by molar-refractivity contribution is 7.18. The number of rotatable bonds is 5. The van der Waals surface area contributed by atoms with E-state index in [-0.39, 0.29) is 31.0 Å². The molecule has 2 aromatic rings. The lowest BCUT2D eigenvalue weighted by atomic mass is 10.1. The van der Waals surface area contributed by atoms with Gasteiger partial charge in [-0.1, -0.05) is 11.6 Å². The molecule has 11 heteroatoms. The number of nitrogens with zero attached hydrogens (tertiary/aromatic N) is 2. The summed E-state index contributed by atoms with van der Waals surface area (Å²) in [4.78, 5) is 41.1. The molecular weight excluding hydrogens is 458 g/mol. The van der Waals surface area contributed by atoms with Crippen molar-refractivity contribution in [3.63, 3.8) is 0 Å². The number of ether oxygens (including phenoxy) is 3. The molecule has 168 valence electrons. The minimum atomic E-state index is -0.558. The zero-order valence-electron chi connectivity index (χ0n) is 17.1. The molecule has 0 unspecified atom stereocenters. The standard InChI is InChI=1S/C21H20ClN3O6S/c1-29-14-6-7-24(20(14)27)11-2-3-12-15(8-11)30-10-13-16(31-21(28)25(12)13)9-23-19(26)17-4-5-18(22)32-17/h2-5,8,13-14,16H,6-7,9-10H2,1H3,(H,23,26)/t13-,14-,16-/m0/s1. The molecule has 2 fully saturated rings. The number of thiophene rings is 1. The SMILES string of the molecule is CO[C@H]1CCN(c2ccc3c(c2)OC[C@H]2[C@H](CNC(=O)c4ccc(Cl)s4)OC(=O)N32)C1=O. The molecule has 32 heavy (non-hydrogen) atoms. The van der Waals surface area contributed by atoms with Crippen LogP contribution in [0.25, 0.3) is 0 Å². The van der Waals surface area contributed by atoms with Crippen LogP contribution in [0, 0.1) is 0 Å². The molecule has 5 rings (SSSR count). The maximum Gasteiger partial charge on any atom is 0.415 e. The minimum Gasteiger partial charge on any atom is -0.489 e. The summed E-state index contributed by atoms with van der Waals surface area (Å²) in [5.41, 5.74) is 1.27. The summed E-state index contributed by atoms with van der Waals surface area (Å²) in [7, 11) is 1.52. The van der Waals surface area contributed by atoms with Crippen LogP contribution in [-0.2, 0) is 14.3 Å². The van der Waals surface area contributed by atoms with Gasteiger partial charge in [0.1, 0.15) is 30.6 Å². The number of anilines is 2. The molecule has 0 radical (unpaired) electrons. The van der Waals surface area contributed by atoms with Crippen LogP contribution in [0.5, 0.6) is 5.75 Å². The number of fused-ring (bicyclic) bond motifs is 3. The second-order valence-corrected chi connectivity index (χ2v) is 9.35.